The molecule has 1 aromatic carbocycles. The molecule has 23 heavy (non-hydrogen) atoms. The standard InChI is InChI=1S/C16H21F3N2O2/c1-10(2)14(20-11(3)22)15(23)21(4)9-12-5-7-13(8-6-12)16(17,18)19/h5-8,10,14H,9H2,1-4H3,(H,20,22)/t14-/m1/s1. The van der Waals surface area contributed by atoms with Crippen LogP contribution in [0.15, 0.2) is 24.3 Å². The van der Waals surface area contributed by atoms with Crippen molar-refractivity contribution in [3.63, 3.8) is 0 Å². The van der Waals surface area contributed by atoms with Gasteiger partial charge in [-0.25, -0.2) is 0 Å². The maximum absolute atomic E-state index is 12.5. The Labute approximate surface area is 133 Å². The lowest BCUT2D eigenvalue weighted by atomic mass is 10.0. The van der Waals surface area contributed by atoms with E-state index >= 15 is 0 Å². The fourth-order valence-corrected chi connectivity index (χ4v) is 2.12. The average molecular weight is 330 g/mol. The summed E-state index contributed by atoms with van der Waals surface area (Å²) in [6.07, 6.45) is -4.38. The molecule has 128 valence electrons. The summed E-state index contributed by atoms with van der Waals surface area (Å²) in [7, 11) is 1.55. The molecule has 1 atom stereocenters. The van der Waals surface area contributed by atoms with Gasteiger partial charge >= 0.3 is 6.18 Å². The summed E-state index contributed by atoms with van der Waals surface area (Å²) < 4.78 is 37.6. The van der Waals surface area contributed by atoms with E-state index < -0.39 is 17.8 Å². The van der Waals surface area contributed by atoms with Gasteiger partial charge in [0.1, 0.15) is 6.04 Å². The zero-order valence-corrected chi connectivity index (χ0v) is 13.6. The van der Waals surface area contributed by atoms with Crippen molar-refractivity contribution < 1.29 is 22.8 Å². The number of carbonyl (C=O) groups excluding carboxylic acids is 2. The van der Waals surface area contributed by atoms with Crippen LogP contribution in [-0.4, -0.2) is 29.8 Å². The van der Waals surface area contributed by atoms with E-state index in [-0.39, 0.29) is 24.3 Å². The van der Waals surface area contributed by atoms with Gasteiger partial charge in [-0.15, -0.1) is 0 Å². The largest absolute Gasteiger partial charge is 0.416 e. The van der Waals surface area contributed by atoms with Crippen LogP contribution in [-0.2, 0) is 22.3 Å². The highest BCUT2D eigenvalue weighted by Crippen LogP contribution is 2.29. The molecule has 0 aromatic heterocycles. The Kier molecular flexibility index (Phi) is 6.18. The van der Waals surface area contributed by atoms with Crippen LogP contribution >= 0.6 is 0 Å². The number of halogens is 3. The van der Waals surface area contributed by atoms with Crippen LogP contribution in [0, 0.1) is 5.92 Å². The molecule has 0 unspecified atom stereocenters. The Morgan fingerprint density at radius 1 is 1.17 bits per heavy atom. The lowest BCUT2D eigenvalue weighted by Gasteiger charge is -2.26. The molecule has 1 N–H and O–H groups in total. The number of likely N-dealkylation sites (N-methyl/N-ethyl adjacent to an activating group) is 1. The van der Waals surface area contributed by atoms with Crippen molar-refractivity contribution in [3.05, 3.63) is 35.4 Å². The maximum Gasteiger partial charge on any atom is 0.416 e. The molecule has 0 aliphatic heterocycles. The second-order valence-electron chi connectivity index (χ2n) is 5.81. The predicted molar refractivity (Wildman–Crippen MR) is 80.4 cm³/mol. The summed E-state index contributed by atoms with van der Waals surface area (Å²) in [5.41, 5.74) is -0.146. The van der Waals surface area contributed by atoms with Gasteiger partial charge in [0.15, 0.2) is 0 Å². The Morgan fingerprint density at radius 2 is 1.70 bits per heavy atom. The number of hydrogen-bond donors (Lipinski definition) is 1. The zero-order valence-electron chi connectivity index (χ0n) is 13.6. The van der Waals surface area contributed by atoms with Crippen LogP contribution in [0.1, 0.15) is 31.9 Å². The third-order valence-electron chi connectivity index (χ3n) is 3.37. The first-order valence-electron chi connectivity index (χ1n) is 7.20. The van der Waals surface area contributed by atoms with Gasteiger partial charge in [0, 0.05) is 20.5 Å². The molecule has 0 saturated carbocycles. The van der Waals surface area contributed by atoms with E-state index in [2.05, 4.69) is 5.32 Å². The van der Waals surface area contributed by atoms with Crippen molar-refractivity contribution in [2.45, 2.75) is 39.5 Å². The average Bonchev–Trinajstić information content (AvgIpc) is 2.43. The number of carbonyl (C=O) groups is 2. The van der Waals surface area contributed by atoms with Crippen LogP contribution in [0.3, 0.4) is 0 Å². The van der Waals surface area contributed by atoms with E-state index in [0.29, 0.717) is 5.56 Å². The zero-order chi connectivity index (χ0) is 17.8. The minimum absolute atomic E-state index is 0.0959. The highest BCUT2D eigenvalue weighted by atomic mass is 19.4. The number of nitrogens with zero attached hydrogens (tertiary/aromatic N) is 1. The van der Waals surface area contributed by atoms with Gasteiger partial charge < -0.3 is 10.2 Å². The fraction of sp³-hybridized carbons (Fsp3) is 0.500. The molecule has 0 aliphatic rings. The molecule has 0 fully saturated rings. The maximum atomic E-state index is 12.5. The molecular weight excluding hydrogens is 309 g/mol. The Morgan fingerprint density at radius 3 is 2.09 bits per heavy atom. The van der Waals surface area contributed by atoms with Gasteiger partial charge in [-0.1, -0.05) is 26.0 Å². The predicted octanol–water partition coefficient (Wildman–Crippen LogP) is 2.82. The second-order valence-corrected chi connectivity index (χ2v) is 5.81. The quantitative estimate of drug-likeness (QED) is 0.902. The third-order valence-corrected chi connectivity index (χ3v) is 3.37. The van der Waals surface area contributed by atoms with E-state index in [9.17, 15) is 22.8 Å². The highest BCUT2D eigenvalue weighted by Gasteiger charge is 2.30. The number of nitrogens with one attached hydrogen (secondary N) is 1. The lowest BCUT2D eigenvalue weighted by molar-refractivity contribution is -0.138. The lowest BCUT2D eigenvalue weighted by Crippen LogP contribution is -2.49. The molecule has 0 aliphatic carbocycles. The molecule has 2 amide bonds. The van der Waals surface area contributed by atoms with E-state index in [1.807, 2.05) is 13.8 Å². The summed E-state index contributed by atoms with van der Waals surface area (Å²) in [5.74, 6) is -0.684. The van der Waals surface area contributed by atoms with E-state index in [0.717, 1.165) is 12.1 Å². The number of alkyl halides is 3. The molecule has 7 heteroatoms. The fourth-order valence-electron chi connectivity index (χ4n) is 2.12. The van der Waals surface area contributed by atoms with E-state index in [1.54, 1.807) is 7.05 Å². The normalized spacial score (nSPS) is 12.9. The van der Waals surface area contributed by atoms with Gasteiger partial charge in [0.05, 0.1) is 5.56 Å². The van der Waals surface area contributed by atoms with Gasteiger partial charge in [-0.3, -0.25) is 9.59 Å². The molecule has 4 nitrogen and oxygen atoms in total. The summed E-state index contributed by atoms with van der Waals surface area (Å²) in [6, 6.07) is 4.00. The van der Waals surface area contributed by atoms with Gasteiger partial charge in [0.25, 0.3) is 0 Å². The summed E-state index contributed by atoms with van der Waals surface area (Å²) in [4.78, 5) is 25.0. The minimum atomic E-state index is -4.38. The Bertz CT molecular complexity index is 553. The number of rotatable bonds is 5. The van der Waals surface area contributed by atoms with Crippen molar-refractivity contribution in [2.75, 3.05) is 7.05 Å². The molecule has 0 saturated heterocycles. The van der Waals surface area contributed by atoms with Crippen LogP contribution in [0.2, 0.25) is 0 Å². The van der Waals surface area contributed by atoms with Crippen LogP contribution in [0.25, 0.3) is 0 Å². The first kappa shape index (κ1) is 19.0. The Hall–Kier alpha value is -2.05. The van der Waals surface area contributed by atoms with Crippen LogP contribution in [0.5, 0.6) is 0 Å². The topological polar surface area (TPSA) is 49.4 Å². The molecule has 1 rings (SSSR count). The van der Waals surface area contributed by atoms with Gasteiger partial charge in [-0.05, 0) is 23.6 Å². The molecule has 0 heterocycles. The molecule has 1 aromatic rings. The van der Waals surface area contributed by atoms with Crippen LogP contribution < -0.4 is 5.32 Å². The van der Waals surface area contributed by atoms with Gasteiger partial charge in [0.2, 0.25) is 11.8 Å². The second kappa shape index (κ2) is 7.48. The first-order valence-corrected chi connectivity index (χ1v) is 7.20. The van der Waals surface area contributed by atoms with Crippen LogP contribution in [0.4, 0.5) is 13.2 Å². The van der Waals surface area contributed by atoms with Crippen molar-refractivity contribution in [1.29, 1.82) is 0 Å². The molecule has 0 bridgehead atoms. The summed E-state index contributed by atoms with van der Waals surface area (Å²) in [6.45, 7) is 5.12. The van der Waals surface area contributed by atoms with Crippen molar-refractivity contribution in [1.82, 2.24) is 10.2 Å². The molecule has 0 spiro atoms. The number of benzene rings is 1. The smallest absolute Gasteiger partial charge is 0.344 e. The SMILES string of the molecule is CC(=O)N[C@@H](C(=O)N(C)Cc1ccc(C(F)(F)F)cc1)C(C)C. The third kappa shape index (κ3) is 5.58. The van der Waals surface area contributed by atoms with Crippen molar-refractivity contribution in [3.8, 4) is 0 Å². The van der Waals surface area contributed by atoms with Gasteiger partial charge in [-0.2, -0.15) is 13.2 Å². The monoisotopic (exact) mass is 330 g/mol. The molecule has 0 radical (unpaired) electrons. The summed E-state index contributed by atoms with van der Waals surface area (Å²) >= 11 is 0. The first-order chi connectivity index (χ1) is 10.5. The van der Waals surface area contributed by atoms with E-state index in [4.69, 9.17) is 0 Å². The number of hydrogen-bond acceptors (Lipinski definition) is 2. The molecular formula is C16H21F3N2O2. The number of amides is 2. The minimum Gasteiger partial charge on any atom is -0.344 e. The Balaban J connectivity index is 2.79. The van der Waals surface area contributed by atoms with Crippen molar-refractivity contribution >= 4 is 11.8 Å². The highest BCUT2D eigenvalue weighted by molar-refractivity contribution is 5.86. The summed E-state index contributed by atoms with van der Waals surface area (Å²) in [5, 5.41) is 2.60. The van der Waals surface area contributed by atoms with Crippen molar-refractivity contribution in [2.24, 2.45) is 5.92 Å². The van der Waals surface area contributed by atoms with E-state index in [1.165, 1.54) is 24.0 Å².